The number of hydrogen-bond acceptors (Lipinski definition) is 6. The normalized spacial score (nSPS) is 10.5. The molecule has 0 spiro atoms. The van der Waals surface area contributed by atoms with Crippen molar-refractivity contribution in [2.24, 2.45) is 0 Å². The molecule has 10 nitrogen and oxygen atoms in total. The Hall–Kier alpha value is -3.63. The minimum absolute atomic E-state index is 0.263. The number of benzene rings is 2. The van der Waals surface area contributed by atoms with Gasteiger partial charge in [0, 0.05) is 11.5 Å². The van der Waals surface area contributed by atoms with E-state index >= 15 is 0 Å². The van der Waals surface area contributed by atoms with Crippen molar-refractivity contribution in [2.75, 3.05) is 0 Å². The molecular formula is C12H5FN2O8. The third-order valence-electron chi connectivity index (χ3n) is 3.03. The fraction of sp³-hybridized carbons (Fsp3) is 0. The molecule has 0 saturated carbocycles. The Morgan fingerprint density at radius 2 is 1.52 bits per heavy atom. The quantitative estimate of drug-likeness (QED) is 0.638. The highest BCUT2D eigenvalue weighted by molar-refractivity contribution is 6.17. The van der Waals surface area contributed by atoms with Gasteiger partial charge in [0.05, 0.1) is 21.0 Å². The van der Waals surface area contributed by atoms with Crippen molar-refractivity contribution in [3.8, 4) is 0 Å². The van der Waals surface area contributed by atoms with E-state index in [1.54, 1.807) is 0 Å². The van der Waals surface area contributed by atoms with E-state index in [1.807, 2.05) is 0 Å². The van der Waals surface area contributed by atoms with Gasteiger partial charge in [0.15, 0.2) is 0 Å². The largest absolute Gasteiger partial charge is 0.478 e. The van der Waals surface area contributed by atoms with E-state index in [4.69, 9.17) is 10.2 Å². The van der Waals surface area contributed by atoms with Gasteiger partial charge in [-0.05, 0) is 12.1 Å². The average Bonchev–Trinajstić information content (AvgIpc) is 2.43. The zero-order chi connectivity index (χ0) is 17.5. The number of halogens is 1. The van der Waals surface area contributed by atoms with Crippen molar-refractivity contribution in [3.63, 3.8) is 0 Å². The number of non-ortho nitro benzene ring substituents is 1. The second kappa shape index (κ2) is 5.29. The average molecular weight is 324 g/mol. The molecule has 118 valence electrons. The summed E-state index contributed by atoms with van der Waals surface area (Å²) in [4.78, 5) is 42.1. The Kier molecular flexibility index (Phi) is 3.62. The first-order valence-electron chi connectivity index (χ1n) is 5.71. The van der Waals surface area contributed by atoms with Crippen LogP contribution in [0.2, 0.25) is 0 Å². The van der Waals surface area contributed by atoms with Gasteiger partial charge in [-0.25, -0.2) is 9.59 Å². The molecule has 2 aromatic carbocycles. The van der Waals surface area contributed by atoms with Crippen molar-refractivity contribution in [3.05, 3.63) is 55.4 Å². The third kappa shape index (κ3) is 2.39. The maximum atomic E-state index is 13.9. The van der Waals surface area contributed by atoms with E-state index in [2.05, 4.69) is 0 Å². The molecule has 0 aliphatic rings. The van der Waals surface area contributed by atoms with Gasteiger partial charge in [0.2, 0.25) is 5.82 Å². The lowest BCUT2D eigenvalue weighted by Crippen LogP contribution is -2.08. The number of hydrogen-bond donors (Lipinski definition) is 2. The number of rotatable bonds is 4. The molecule has 0 bridgehead atoms. The number of nitrogens with zero attached hydrogens (tertiary/aromatic N) is 2. The molecule has 0 atom stereocenters. The summed E-state index contributed by atoms with van der Waals surface area (Å²) in [7, 11) is 0. The Bertz CT molecular complexity index is 908. The standard InChI is InChI=1S/C12H5FN2O8/c13-6-3-5(12(18)19)8-4(11(16)17)1-2-7(14(20)21)9(8)10(6)15(22)23/h1-3H,(H,16,17)(H,18,19). The smallest absolute Gasteiger partial charge is 0.336 e. The lowest BCUT2D eigenvalue weighted by Gasteiger charge is -2.08. The molecule has 0 aliphatic heterocycles. The van der Waals surface area contributed by atoms with Gasteiger partial charge >= 0.3 is 17.6 Å². The number of carbonyl (C=O) groups is 2. The molecule has 2 N–H and O–H groups in total. The summed E-state index contributed by atoms with van der Waals surface area (Å²) in [6.07, 6.45) is 0. The molecule has 0 unspecified atom stereocenters. The first kappa shape index (κ1) is 15.8. The van der Waals surface area contributed by atoms with E-state index in [1.165, 1.54) is 0 Å². The van der Waals surface area contributed by atoms with Gasteiger partial charge in [0.1, 0.15) is 5.39 Å². The summed E-state index contributed by atoms with van der Waals surface area (Å²) in [5.74, 6) is -5.08. The van der Waals surface area contributed by atoms with Crippen LogP contribution in [0.3, 0.4) is 0 Å². The molecule has 2 rings (SSSR count). The summed E-state index contributed by atoms with van der Waals surface area (Å²) in [6.45, 7) is 0. The van der Waals surface area contributed by atoms with E-state index in [0.29, 0.717) is 6.07 Å². The van der Waals surface area contributed by atoms with Crippen molar-refractivity contribution < 1.29 is 34.0 Å². The maximum absolute atomic E-state index is 13.9. The lowest BCUT2D eigenvalue weighted by molar-refractivity contribution is -0.391. The Balaban J connectivity index is 3.26. The highest BCUT2D eigenvalue weighted by Crippen LogP contribution is 2.39. The van der Waals surface area contributed by atoms with Gasteiger partial charge in [-0.2, -0.15) is 4.39 Å². The van der Waals surface area contributed by atoms with Crippen LogP contribution in [0.1, 0.15) is 20.7 Å². The monoisotopic (exact) mass is 324 g/mol. The molecule has 0 amide bonds. The van der Waals surface area contributed by atoms with Crippen LogP contribution in [0.4, 0.5) is 15.8 Å². The van der Waals surface area contributed by atoms with Gasteiger partial charge in [0.25, 0.3) is 5.69 Å². The molecule has 0 saturated heterocycles. The molecule has 23 heavy (non-hydrogen) atoms. The maximum Gasteiger partial charge on any atom is 0.336 e. The van der Waals surface area contributed by atoms with Crippen molar-refractivity contribution >= 4 is 34.1 Å². The molecule has 0 fully saturated rings. The molecule has 2 aromatic rings. The highest BCUT2D eigenvalue weighted by Gasteiger charge is 2.33. The first-order valence-corrected chi connectivity index (χ1v) is 5.71. The minimum Gasteiger partial charge on any atom is -0.478 e. The summed E-state index contributed by atoms with van der Waals surface area (Å²) in [6, 6.07) is 1.64. The van der Waals surface area contributed by atoms with Crippen molar-refractivity contribution in [1.82, 2.24) is 0 Å². The lowest BCUT2D eigenvalue weighted by atomic mass is 9.96. The SMILES string of the molecule is O=C(O)c1ccc([N+](=O)[O-])c2c([N+](=O)[O-])c(F)cc(C(=O)O)c12. The van der Waals surface area contributed by atoms with Crippen LogP contribution in [0.25, 0.3) is 10.8 Å². The topological polar surface area (TPSA) is 161 Å². The fourth-order valence-electron chi connectivity index (χ4n) is 2.18. The van der Waals surface area contributed by atoms with E-state index in [-0.39, 0.29) is 6.07 Å². The fourth-order valence-corrected chi connectivity index (χ4v) is 2.18. The predicted molar refractivity (Wildman–Crippen MR) is 71.1 cm³/mol. The Morgan fingerprint density at radius 3 is 1.96 bits per heavy atom. The third-order valence-corrected chi connectivity index (χ3v) is 3.03. The van der Waals surface area contributed by atoms with Gasteiger partial charge < -0.3 is 10.2 Å². The number of fused-ring (bicyclic) bond motifs is 1. The molecule has 0 radical (unpaired) electrons. The predicted octanol–water partition coefficient (Wildman–Crippen LogP) is 2.19. The van der Waals surface area contributed by atoms with Gasteiger partial charge in [-0.15, -0.1) is 0 Å². The molecule has 11 heteroatoms. The summed E-state index contributed by atoms with van der Waals surface area (Å²) < 4.78 is 13.9. The minimum atomic E-state index is -1.79. The van der Waals surface area contributed by atoms with Crippen LogP contribution >= 0.6 is 0 Å². The van der Waals surface area contributed by atoms with E-state index < -0.39 is 60.9 Å². The van der Waals surface area contributed by atoms with Crippen molar-refractivity contribution in [2.45, 2.75) is 0 Å². The first-order chi connectivity index (χ1) is 10.7. The summed E-state index contributed by atoms with van der Waals surface area (Å²) >= 11 is 0. The van der Waals surface area contributed by atoms with Crippen LogP contribution in [0.15, 0.2) is 18.2 Å². The van der Waals surface area contributed by atoms with Crippen LogP contribution in [0.5, 0.6) is 0 Å². The van der Waals surface area contributed by atoms with E-state index in [9.17, 15) is 34.2 Å². The second-order valence-corrected chi connectivity index (χ2v) is 4.26. The second-order valence-electron chi connectivity index (χ2n) is 4.26. The zero-order valence-electron chi connectivity index (χ0n) is 10.8. The van der Waals surface area contributed by atoms with E-state index in [0.717, 1.165) is 6.07 Å². The van der Waals surface area contributed by atoms with Crippen LogP contribution in [0, 0.1) is 26.0 Å². The van der Waals surface area contributed by atoms with Crippen LogP contribution < -0.4 is 0 Å². The number of nitro groups is 2. The zero-order valence-corrected chi connectivity index (χ0v) is 10.8. The summed E-state index contributed by atoms with van der Waals surface area (Å²) in [5.41, 5.74) is -3.99. The molecule has 0 aliphatic carbocycles. The highest BCUT2D eigenvalue weighted by atomic mass is 19.1. The van der Waals surface area contributed by atoms with Crippen LogP contribution in [-0.4, -0.2) is 32.0 Å². The number of nitro benzene ring substituents is 2. The Labute approximate surface area is 124 Å². The molecular weight excluding hydrogens is 319 g/mol. The Morgan fingerprint density at radius 1 is 0.957 bits per heavy atom. The van der Waals surface area contributed by atoms with Gasteiger partial charge in [-0.1, -0.05) is 0 Å². The molecule has 0 heterocycles. The summed E-state index contributed by atoms with van der Waals surface area (Å²) in [5, 5.41) is 38.4. The number of carboxylic acid groups (broad SMARTS) is 2. The van der Waals surface area contributed by atoms with Crippen molar-refractivity contribution in [1.29, 1.82) is 0 Å². The van der Waals surface area contributed by atoms with Gasteiger partial charge in [-0.3, -0.25) is 20.2 Å². The number of carboxylic acids is 2. The van der Waals surface area contributed by atoms with Crippen LogP contribution in [-0.2, 0) is 0 Å². The molecule has 0 aromatic heterocycles. The number of aromatic carboxylic acids is 2.